The van der Waals surface area contributed by atoms with Gasteiger partial charge in [-0.15, -0.1) is 0 Å². The maximum Gasteiger partial charge on any atom is 0.266 e. The third-order valence-corrected chi connectivity index (χ3v) is 9.70. The van der Waals surface area contributed by atoms with E-state index in [1.165, 1.54) is 128 Å². The molecule has 8 heteroatoms. The monoisotopic (exact) mass is 648 g/mol. The second-order valence-electron chi connectivity index (χ2n) is 13.4. The normalized spacial score (nSPS) is 14.0. The maximum absolute atomic E-state index is 12.5. The smallest absolute Gasteiger partial charge is 0.266 e. The summed E-state index contributed by atoms with van der Waals surface area (Å²) in [6.45, 7) is 4.47. The summed E-state index contributed by atoms with van der Waals surface area (Å²) in [6.07, 6.45) is 31.3. The van der Waals surface area contributed by atoms with E-state index < -0.39 is 40.0 Å². The van der Waals surface area contributed by atoms with E-state index in [2.05, 4.69) is 19.2 Å². The molecule has 0 aromatic heterocycles. The molecular weight excluding hydrogens is 574 g/mol. The Kier molecular flexibility index (Phi) is 30.4. The molecule has 0 heterocycles. The summed E-state index contributed by atoms with van der Waals surface area (Å²) in [5, 5.41) is 23.4. The summed E-state index contributed by atoms with van der Waals surface area (Å²) >= 11 is 0. The van der Waals surface area contributed by atoms with Crippen molar-refractivity contribution in [1.82, 2.24) is 5.32 Å². The van der Waals surface area contributed by atoms with Gasteiger partial charge in [-0.2, -0.15) is 8.42 Å². The molecule has 7 nitrogen and oxygen atoms in total. The van der Waals surface area contributed by atoms with Gasteiger partial charge in [0.2, 0.25) is 5.91 Å². The lowest BCUT2D eigenvalue weighted by Gasteiger charge is -2.24. The van der Waals surface area contributed by atoms with E-state index in [1.807, 2.05) is 0 Å². The molecule has 3 unspecified atom stereocenters. The molecule has 44 heavy (non-hydrogen) atoms. The number of amides is 1. The largest absolute Gasteiger partial charge is 0.391 e. The van der Waals surface area contributed by atoms with Crippen LogP contribution in [-0.2, 0) is 14.9 Å². The van der Waals surface area contributed by atoms with Crippen LogP contribution in [-0.4, -0.2) is 53.1 Å². The molecule has 0 aromatic rings. The topological polar surface area (TPSA) is 124 Å². The molecule has 264 valence electrons. The standard InChI is InChI=1S/C36H73NO6S/c1-3-5-7-9-11-13-14-15-16-17-18-19-20-21-23-25-27-29-31-35(39)36(40)37-33(32-44(41,42)43)34(38)30-28-26-24-22-12-10-8-6-4-2/h33-35,38-39H,3-32H2,1-2H3,(H,37,40)(H,41,42,43). The van der Waals surface area contributed by atoms with Crippen LogP contribution in [0.4, 0.5) is 0 Å². The fourth-order valence-corrected chi connectivity index (χ4v) is 6.75. The minimum atomic E-state index is -4.39. The molecule has 0 spiro atoms. The second-order valence-corrected chi connectivity index (χ2v) is 14.9. The van der Waals surface area contributed by atoms with E-state index in [0.717, 1.165) is 44.9 Å². The number of aliphatic hydroxyl groups is 2. The molecule has 1 amide bonds. The van der Waals surface area contributed by atoms with Crippen molar-refractivity contribution in [3.63, 3.8) is 0 Å². The van der Waals surface area contributed by atoms with E-state index in [4.69, 9.17) is 0 Å². The molecule has 0 aliphatic heterocycles. The van der Waals surface area contributed by atoms with Crippen molar-refractivity contribution in [2.75, 3.05) is 5.75 Å². The van der Waals surface area contributed by atoms with Gasteiger partial charge in [0.25, 0.3) is 10.1 Å². The van der Waals surface area contributed by atoms with E-state index in [0.29, 0.717) is 12.8 Å². The van der Waals surface area contributed by atoms with Crippen molar-refractivity contribution in [2.24, 2.45) is 0 Å². The van der Waals surface area contributed by atoms with Gasteiger partial charge in [-0.05, 0) is 12.8 Å². The number of nitrogens with one attached hydrogen (secondary N) is 1. The van der Waals surface area contributed by atoms with Gasteiger partial charge in [0.1, 0.15) is 6.10 Å². The van der Waals surface area contributed by atoms with Crippen molar-refractivity contribution < 1.29 is 28.0 Å². The summed E-state index contributed by atoms with van der Waals surface area (Å²) in [5.74, 6) is -1.44. The van der Waals surface area contributed by atoms with E-state index >= 15 is 0 Å². The Bertz CT molecular complexity index is 732. The summed E-state index contributed by atoms with van der Waals surface area (Å²) in [7, 11) is -4.39. The van der Waals surface area contributed by atoms with Crippen LogP contribution in [0.15, 0.2) is 0 Å². The molecule has 0 aromatic carbocycles. The van der Waals surface area contributed by atoms with Gasteiger partial charge in [-0.25, -0.2) is 0 Å². The summed E-state index contributed by atoms with van der Waals surface area (Å²) < 4.78 is 32.3. The predicted molar refractivity (Wildman–Crippen MR) is 186 cm³/mol. The fourth-order valence-electron chi connectivity index (χ4n) is 5.99. The third kappa shape index (κ3) is 30.0. The Morgan fingerprint density at radius 1 is 0.523 bits per heavy atom. The Morgan fingerprint density at radius 2 is 0.818 bits per heavy atom. The molecular formula is C36H73NO6S. The van der Waals surface area contributed by atoms with Crippen LogP contribution < -0.4 is 5.32 Å². The van der Waals surface area contributed by atoms with E-state index in [9.17, 15) is 28.0 Å². The molecule has 0 aliphatic carbocycles. The summed E-state index contributed by atoms with van der Waals surface area (Å²) in [6, 6.07) is -1.14. The highest BCUT2D eigenvalue weighted by atomic mass is 32.2. The highest BCUT2D eigenvalue weighted by Crippen LogP contribution is 2.16. The number of unbranched alkanes of at least 4 members (excludes halogenated alkanes) is 25. The first kappa shape index (κ1) is 43.3. The molecule has 3 atom stereocenters. The second kappa shape index (κ2) is 30.9. The molecule has 0 saturated heterocycles. The summed E-state index contributed by atoms with van der Waals surface area (Å²) in [4.78, 5) is 12.5. The minimum absolute atomic E-state index is 0.303. The molecule has 0 saturated carbocycles. The maximum atomic E-state index is 12.5. The number of hydrogen-bond donors (Lipinski definition) is 4. The number of rotatable bonds is 34. The lowest BCUT2D eigenvalue weighted by Crippen LogP contribution is -2.50. The van der Waals surface area contributed by atoms with Crippen LogP contribution >= 0.6 is 0 Å². The molecule has 0 bridgehead atoms. The van der Waals surface area contributed by atoms with Gasteiger partial charge in [0.05, 0.1) is 17.9 Å². The first-order valence-corrected chi connectivity index (χ1v) is 20.4. The quantitative estimate of drug-likeness (QED) is 0.0407. The number of carbonyl (C=O) groups excluding carboxylic acids is 1. The Morgan fingerprint density at radius 3 is 1.14 bits per heavy atom. The third-order valence-electron chi connectivity index (χ3n) is 8.92. The minimum Gasteiger partial charge on any atom is -0.391 e. The fraction of sp³-hybridized carbons (Fsp3) is 0.972. The van der Waals surface area contributed by atoms with Crippen molar-refractivity contribution in [3.8, 4) is 0 Å². The lowest BCUT2D eigenvalue weighted by molar-refractivity contribution is -0.131. The van der Waals surface area contributed by atoms with Crippen molar-refractivity contribution in [1.29, 1.82) is 0 Å². The molecule has 0 radical (unpaired) electrons. The van der Waals surface area contributed by atoms with E-state index in [1.54, 1.807) is 0 Å². The average molecular weight is 648 g/mol. The lowest BCUT2D eigenvalue weighted by atomic mass is 10.0. The van der Waals surface area contributed by atoms with Gasteiger partial charge < -0.3 is 15.5 Å². The van der Waals surface area contributed by atoms with Crippen LogP contribution in [0.3, 0.4) is 0 Å². The molecule has 0 aliphatic rings. The van der Waals surface area contributed by atoms with Gasteiger partial charge >= 0.3 is 0 Å². The predicted octanol–water partition coefficient (Wildman–Crippen LogP) is 9.43. The number of carbonyl (C=O) groups is 1. The zero-order chi connectivity index (χ0) is 32.7. The average Bonchev–Trinajstić information content (AvgIpc) is 2.98. The van der Waals surface area contributed by atoms with Gasteiger partial charge in [-0.3, -0.25) is 9.35 Å². The first-order chi connectivity index (χ1) is 21.2. The van der Waals surface area contributed by atoms with Crippen LogP contribution in [0.1, 0.15) is 200 Å². The zero-order valence-electron chi connectivity index (χ0n) is 28.9. The number of aliphatic hydroxyl groups excluding tert-OH is 2. The van der Waals surface area contributed by atoms with Crippen molar-refractivity contribution >= 4 is 16.0 Å². The van der Waals surface area contributed by atoms with E-state index in [-0.39, 0.29) is 0 Å². The van der Waals surface area contributed by atoms with Crippen molar-refractivity contribution in [2.45, 2.75) is 218 Å². The Balaban J connectivity index is 3.92. The SMILES string of the molecule is CCCCCCCCCCCCCCCCCCCCC(O)C(=O)NC(CS(=O)(=O)O)C(O)CCCCCCCCCCC. The molecule has 0 rings (SSSR count). The molecule has 4 N–H and O–H groups in total. The van der Waals surface area contributed by atoms with Crippen molar-refractivity contribution in [3.05, 3.63) is 0 Å². The highest BCUT2D eigenvalue weighted by molar-refractivity contribution is 7.85. The molecule has 0 fully saturated rings. The first-order valence-electron chi connectivity index (χ1n) is 18.8. The highest BCUT2D eigenvalue weighted by Gasteiger charge is 2.28. The van der Waals surface area contributed by atoms with Crippen LogP contribution in [0.2, 0.25) is 0 Å². The summed E-state index contributed by atoms with van der Waals surface area (Å²) in [5.41, 5.74) is 0. The van der Waals surface area contributed by atoms with Crippen LogP contribution in [0, 0.1) is 0 Å². The Labute approximate surface area is 272 Å². The van der Waals surface area contributed by atoms with Gasteiger partial charge in [0.15, 0.2) is 0 Å². The Hall–Kier alpha value is -0.700. The van der Waals surface area contributed by atoms with Crippen LogP contribution in [0.5, 0.6) is 0 Å². The van der Waals surface area contributed by atoms with Crippen LogP contribution in [0.25, 0.3) is 0 Å². The van der Waals surface area contributed by atoms with Gasteiger partial charge in [-0.1, -0.05) is 187 Å². The van der Waals surface area contributed by atoms with Gasteiger partial charge in [0, 0.05) is 0 Å². The zero-order valence-corrected chi connectivity index (χ0v) is 29.7. The number of hydrogen-bond acceptors (Lipinski definition) is 5.